The average molecular weight is 363 g/mol. The van der Waals surface area contributed by atoms with Crippen molar-refractivity contribution in [2.45, 2.75) is 45.3 Å². The van der Waals surface area contributed by atoms with Gasteiger partial charge in [0.1, 0.15) is 5.00 Å². The predicted octanol–water partition coefficient (Wildman–Crippen LogP) is 2.66. The van der Waals surface area contributed by atoms with Crippen LogP contribution in [0.25, 0.3) is 0 Å². The SMILES string of the molecule is C=C/C=C(\NC)C(=O)Nc1sc2c(c1C(N)=O)CC(C)(C)OC2(C)C. The molecule has 2 amide bonds. The number of likely N-dealkylation sites (N-methyl/N-ethyl adjacent to an activating group) is 1. The first kappa shape index (κ1) is 19.2. The molecule has 2 rings (SSSR count). The van der Waals surface area contributed by atoms with Crippen LogP contribution in [-0.4, -0.2) is 24.5 Å². The van der Waals surface area contributed by atoms with Gasteiger partial charge in [-0.3, -0.25) is 9.59 Å². The maximum atomic E-state index is 12.4. The molecule has 2 heterocycles. The van der Waals surface area contributed by atoms with Crippen LogP contribution in [0.5, 0.6) is 0 Å². The molecule has 6 nitrogen and oxygen atoms in total. The number of nitrogens with one attached hydrogen (secondary N) is 2. The van der Waals surface area contributed by atoms with Gasteiger partial charge in [-0.2, -0.15) is 0 Å². The summed E-state index contributed by atoms with van der Waals surface area (Å²) in [5.41, 5.74) is 6.19. The number of fused-ring (bicyclic) bond motifs is 1. The normalized spacial score (nSPS) is 18.2. The lowest BCUT2D eigenvalue weighted by atomic mass is 9.86. The Balaban J connectivity index is 2.53. The highest BCUT2D eigenvalue weighted by Crippen LogP contribution is 2.48. The number of primary amides is 1. The maximum Gasteiger partial charge on any atom is 0.272 e. The molecule has 0 saturated carbocycles. The van der Waals surface area contributed by atoms with Crippen LogP contribution in [0.15, 0.2) is 24.4 Å². The highest BCUT2D eigenvalue weighted by atomic mass is 32.1. The monoisotopic (exact) mass is 363 g/mol. The minimum atomic E-state index is -0.572. The number of anilines is 1. The minimum Gasteiger partial charge on any atom is -0.384 e. The first-order valence-corrected chi connectivity index (χ1v) is 8.82. The van der Waals surface area contributed by atoms with Crippen molar-refractivity contribution in [1.29, 1.82) is 0 Å². The third kappa shape index (κ3) is 3.77. The fourth-order valence-corrected chi connectivity index (χ4v) is 4.49. The number of thiophene rings is 1. The van der Waals surface area contributed by atoms with E-state index in [-0.39, 0.29) is 5.91 Å². The van der Waals surface area contributed by atoms with Crippen LogP contribution in [0.2, 0.25) is 0 Å². The second kappa shape index (κ2) is 6.65. The Morgan fingerprint density at radius 1 is 1.32 bits per heavy atom. The summed E-state index contributed by atoms with van der Waals surface area (Å²) in [6.07, 6.45) is 3.63. The predicted molar refractivity (Wildman–Crippen MR) is 101 cm³/mol. The van der Waals surface area contributed by atoms with E-state index in [0.717, 1.165) is 10.4 Å². The number of ether oxygens (including phenoxy) is 1. The van der Waals surface area contributed by atoms with E-state index in [9.17, 15) is 9.59 Å². The zero-order valence-corrected chi connectivity index (χ0v) is 16.1. The number of hydrogen-bond donors (Lipinski definition) is 3. The van der Waals surface area contributed by atoms with Crippen molar-refractivity contribution in [3.05, 3.63) is 40.4 Å². The molecule has 1 aromatic rings. The van der Waals surface area contributed by atoms with Crippen molar-refractivity contribution in [3.63, 3.8) is 0 Å². The van der Waals surface area contributed by atoms with Crippen molar-refractivity contribution in [3.8, 4) is 0 Å². The zero-order chi connectivity index (χ0) is 19.0. The quantitative estimate of drug-likeness (QED) is 0.554. The van der Waals surface area contributed by atoms with Gasteiger partial charge in [0.25, 0.3) is 11.8 Å². The Morgan fingerprint density at radius 3 is 2.48 bits per heavy atom. The number of rotatable bonds is 5. The van der Waals surface area contributed by atoms with Crippen molar-refractivity contribution in [2.75, 3.05) is 12.4 Å². The molecule has 4 N–H and O–H groups in total. The second-order valence-corrected chi connectivity index (χ2v) is 8.07. The van der Waals surface area contributed by atoms with E-state index in [4.69, 9.17) is 10.5 Å². The molecule has 136 valence electrons. The summed E-state index contributed by atoms with van der Waals surface area (Å²) in [6.45, 7) is 11.4. The highest BCUT2D eigenvalue weighted by Gasteiger charge is 2.42. The Morgan fingerprint density at radius 2 is 1.96 bits per heavy atom. The topological polar surface area (TPSA) is 93.5 Å². The molecule has 1 aliphatic rings. The molecule has 0 saturated heterocycles. The van der Waals surface area contributed by atoms with Gasteiger partial charge in [0.2, 0.25) is 0 Å². The van der Waals surface area contributed by atoms with Gasteiger partial charge in [-0.15, -0.1) is 11.3 Å². The van der Waals surface area contributed by atoms with Crippen molar-refractivity contribution in [2.24, 2.45) is 5.73 Å². The number of nitrogens with two attached hydrogens (primary N) is 1. The van der Waals surface area contributed by atoms with Crippen molar-refractivity contribution < 1.29 is 14.3 Å². The summed E-state index contributed by atoms with van der Waals surface area (Å²) in [5, 5.41) is 6.05. The first-order chi connectivity index (χ1) is 11.5. The Labute approximate surface area is 152 Å². The summed E-state index contributed by atoms with van der Waals surface area (Å²) < 4.78 is 6.16. The lowest BCUT2D eigenvalue weighted by Crippen LogP contribution is -2.42. The van der Waals surface area contributed by atoms with Gasteiger partial charge in [-0.05, 0) is 39.3 Å². The molecule has 0 bridgehead atoms. The summed E-state index contributed by atoms with van der Waals surface area (Å²) in [4.78, 5) is 25.5. The van der Waals surface area contributed by atoms with E-state index in [0.29, 0.717) is 22.7 Å². The summed E-state index contributed by atoms with van der Waals surface area (Å²) in [5.74, 6) is -0.915. The Bertz CT molecular complexity index is 760. The van der Waals surface area contributed by atoms with Crippen LogP contribution in [0.1, 0.15) is 48.5 Å². The number of amides is 2. The van der Waals surface area contributed by atoms with Crippen LogP contribution in [0.3, 0.4) is 0 Å². The Hall–Kier alpha value is -2.12. The number of carbonyl (C=O) groups is 2. The van der Waals surface area contributed by atoms with Crippen LogP contribution >= 0.6 is 11.3 Å². The van der Waals surface area contributed by atoms with E-state index in [2.05, 4.69) is 17.2 Å². The van der Waals surface area contributed by atoms with Gasteiger partial charge in [-0.25, -0.2) is 0 Å². The van der Waals surface area contributed by atoms with Gasteiger partial charge in [0.15, 0.2) is 0 Å². The molecule has 0 radical (unpaired) electrons. The molecule has 0 unspecified atom stereocenters. The van der Waals surface area contributed by atoms with E-state index in [1.165, 1.54) is 17.4 Å². The van der Waals surface area contributed by atoms with Gasteiger partial charge < -0.3 is 21.1 Å². The van der Waals surface area contributed by atoms with Crippen LogP contribution in [0, 0.1) is 0 Å². The third-order valence-corrected chi connectivity index (χ3v) is 5.41. The Kier molecular flexibility index (Phi) is 5.11. The smallest absolute Gasteiger partial charge is 0.272 e. The molecular weight excluding hydrogens is 338 g/mol. The summed E-state index contributed by atoms with van der Waals surface area (Å²) >= 11 is 1.33. The van der Waals surface area contributed by atoms with E-state index in [1.807, 2.05) is 27.7 Å². The lowest BCUT2D eigenvalue weighted by molar-refractivity contribution is -0.135. The van der Waals surface area contributed by atoms with Gasteiger partial charge >= 0.3 is 0 Å². The molecular formula is C18H25N3O3S. The summed E-state index contributed by atoms with van der Waals surface area (Å²) in [7, 11) is 1.64. The van der Waals surface area contributed by atoms with Gasteiger partial charge in [0, 0.05) is 18.3 Å². The standard InChI is InChI=1S/C18H25N3O3S/c1-7-8-11(20-6)15(23)21-16-12(14(19)22)10-9-17(2,3)24-18(4,5)13(10)25-16/h7-8,20H,1,9H2,2-6H3,(H2,19,22)(H,21,23)/b11-8-. The fraction of sp³-hybridized carbons (Fsp3) is 0.444. The molecule has 0 atom stereocenters. The molecule has 0 aromatic carbocycles. The van der Waals surface area contributed by atoms with E-state index >= 15 is 0 Å². The van der Waals surface area contributed by atoms with Gasteiger partial charge in [-0.1, -0.05) is 12.7 Å². The third-order valence-electron chi connectivity index (χ3n) is 3.96. The molecule has 1 aromatic heterocycles. The van der Waals surface area contributed by atoms with Crippen LogP contribution < -0.4 is 16.4 Å². The van der Waals surface area contributed by atoms with Crippen LogP contribution in [-0.2, 0) is 21.6 Å². The van der Waals surface area contributed by atoms with Crippen molar-refractivity contribution >= 4 is 28.2 Å². The molecule has 0 fully saturated rings. The van der Waals surface area contributed by atoms with Crippen molar-refractivity contribution in [1.82, 2.24) is 5.32 Å². The molecule has 1 aliphatic heterocycles. The average Bonchev–Trinajstić information content (AvgIpc) is 2.81. The highest BCUT2D eigenvalue weighted by molar-refractivity contribution is 7.17. The van der Waals surface area contributed by atoms with E-state index in [1.54, 1.807) is 13.1 Å². The second-order valence-electron chi connectivity index (χ2n) is 7.05. The zero-order valence-electron chi connectivity index (χ0n) is 15.3. The van der Waals surface area contributed by atoms with E-state index < -0.39 is 17.1 Å². The molecule has 0 spiro atoms. The summed E-state index contributed by atoms with van der Waals surface area (Å²) in [6, 6.07) is 0. The fourth-order valence-electron chi connectivity index (χ4n) is 3.23. The molecule has 0 aliphatic carbocycles. The number of carbonyl (C=O) groups excluding carboxylic acids is 2. The molecule has 7 heteroatoms. The first-order valence-electron chi connectivity index (χ1n) is 8.00. The number of allylic oxidation sites excluding steroid dienone is 2. The molecule has 25 heavy (non-hydrogen) atoms. The largest absolute Gasteiger partial charge is 0.384 e. The maximum absolute atomic E-state index is 12.4. The van der Waals surface area contributed by atoms with Gasteiger partial charge in [0.05, 0.1) is 22.5 Å². The van der Waals surface area contributed by atoms with Crippen LogP contribution in [0.4, 0.5) is 5.00 Å². The minimum absolute atomic E-state index is 0.340. The number of hydrogen-bond acceptors (Lipinski definition) is 5. The lowest BCUT2D eigenvalue weighted by Gasteiger charge is -2.41.